The summed E-state index contributed by atoms with van der Waals surface area (Å²) in [6, 6.07) is 14.9. The number of pyridine rings is 1. The number of benzene rings is 1. The second-order valence-electron chi connectivity index (χ2n) is 5.97. The molecule has 4 heteroatoms. The van der Waals surface area contributed by atoms with Crippen LogP contribution in [-0.4, -0.2) is 15.9 Å². The number of nitrogens with one attached hydrogen (secondary N) is 1. The van der Waals surface area contributed by atoms with Crippen molar-refractivity contribution in [3.8, 4) is 0 Å². The van der Waals surface area contributed by atoms with Crippen LogP contribution in [-0.2, 0) is 6.54 Å². The molecule has 3 nitrogen and oxygen atoms in total. The lowest BCUT2D eigenvalue weighted by atomic mass is 10.1. The fourth-order valence-corrected chi connectivity index (χ4v) is 3.44. The van der Waals surface area contributed by atoms with Gasteiger partial charge < -0.3 is 9.72 Å². The number of rotatable bonds is 5. The molecular formula is C18H18BrN3. The molecule has 22 heavy (non-hydrogen) atoms. The van der Waals surface area contributed by atoms with Gasteiger partial charge in [-0.05, 0) is 58.4 Å². The minimum atomic E-state index is 0.741. The largest absolute Gasteiger partial charge is 0.311 e. The minimum Gasteiger partial charge on any atom is -0.311 e. The van der Waals surface area contributed by atoms with Gasteiger partial charge in [0.15, 0.2) is 0 Å². The second kappa shape index (κ2) is 5.86. The molecule has 0 radical (unpaired) electrons. The Morgan fingerprint density at radius 2 is 2.05 bits per heavy atom. The van der Waals surface area contributed by atoms with Gasteiger partial charge in [-0.15, -0.1) is 0 Å². The van der Waals surface area contributed by atoms with Gasteiger partial charge in [-0.3, -0.25) is 0 Å². The monoisotopic (exact) mass is 355 g/mol. The van der Waals surface area contributed by atoms with Crippen molar-refractivity contribution in [1.82, 2.24) is 14.7 Å². The highest BCUT2D eigenvalue weighted by Crippen LogP contribution is 2.46. The molecule has 1 fully saturated rings. The van der Waals surface area contributed by atoms with Gasteiger partial charge in [0.2, 0.25) is 0 Å². The summed E-state index contributed by atoms with van der Waals surface area (Å²) in [5, 5.41) is 3.58. The first kappa shape index (κ1) is 14.0. The number of nitrogens with zero attached hydrogens (tertiary/aromatic N) is 2. The van der Waals surface area contributed by atoms with Crippen LogP contribution in [0.25, 0.3) is 5.65 Å². The molecule has 1 saturated carbocycles. The van der Waals surface area contributed by atoms with Crippen molar-refractivity contribution in [2.24, 2.45) is 5.92 Å². The third-order valence-corrected chi connectivity index (χ3v) is 4.88. The van der Waals surface area contributed by atoms with Crippen molar-refractivity contribution in [3.63, 3.8) is 0 Å². The normalized spacial score (nSPS) is 20.4. The number of hydrogen-bond donors (Lipinski definition) is 1. The minimum absolute atomic E-state index is 0.741. The van der Waals surface area contributed by atoms with Gasteiger partial charge in [-0.2, -0.15) is 0 Å². The highest BCUT2D eigenvalue weighted by Gasteiger charge is 2.37. The molecule has 3 aromatic rings. The van der Waals surface area contributed by atoms with Gasteiger partial charge in [-0.1, -0.05) is 30.3 Å². The van der Waals surface area contributed by atoms with Crippen LogP contribution in [0.4, 0.5) is 0 Å². The fraction of sp³-hybridized carbons (Fsp3) is 0.278. The third kappa shape index (κ3) is 2.81. The lowest BCUT2D eigenvalue weighted by Gasteiger charge is -2.05. The molecule has 2 aromatic heterocycles. The Labute approximate surface area is 138 Å². The Kier molecular flexibility index (Phi) is 3.72. The van der Waals surface area contributed by atoms with Crippen LogP contribution >= 0.6 is 15.9 Å². The van der Waals surface area contributed by atoms with Crippen molar-refractivity contribution in [2.75, 3.05) is 6.54 Å². The molecule has 1 aromatic carbocycles. The summed E-state index contributed by atoms with van der Waals surface area (Å²) in [6.07, 6.45) is 5.33. The zero-order chi connectivity index (χ0) is 14.9. The van der Waals surface area contributed by atoms with Gasteiger partial charge in [0.05, 0.1) is 11.9 Å². The molecular weight excluding hydrogens is 338 g/mol. The summed E-state index contributed by atoms with van der Waals surface area (Å²) in [7, 11) is 0. The number of aromatic nitrogens is 2. The second-order valence-corrected chi connectivity index (χ2v) is 6.88. The average Bonchev–Trinajstić information content (AvgIpc) is 3.22. The maximum Gasteiger partial charge on any atom is 0.136 e. The van der Waals surface area contributed by atoms with E-state index in [2.05, 4.69) is 67.2 Å². The van der Waals surface area contributed by atoms with Crippen LogP contribution in [0.2, 0.25) is 0 Å². The van der Waals surface area contributed by atoms with Crippen molar-refractivity contribution in [3.05, 3.63) is 70.6 Å². The molecule has 2 atom stereocenters. The van der Waals surface area contributed by atoms with Crippen LogP contribution in [0, 0.1) is 5.92 Å². The van der Waals surface area contributed by atoms with E-state index in [1.165, 1.54) is 17.7 Å². The quantitative estimate of drug-likeness (QED) is 0.749. The van der Waals surface area contributed by atoms with E-state index in [4.69, 9.17) is 0 Å². The van der Waals surface area contributed by atoms with E-state index in [1.807, 2.05) is 18.3 Å². The Morgan fingerprint density at radius 1 is 1.18 bits per heavy atom. The smallest absolute Gasteiger partial charge is 0.136 e. The fourth-order valence-electron chi connectivity index (χ4n) is 3.10. The molecule has 112 valence electrons. The summed E-state index contributed by atoms with van der Waals surface area (Å²) in [5.74, 6) is 1.51. The first-order valence-electron chi connectivity index (χ1n) is 7.68. The zero-order valence-corrected chi connectivity index (χ0v) is 13.8. The highest BCUT2D eigenvalue weighted by atomic mass is 79.9. The summed E-state index contributed by atoms with van der Waals surface area (Å²) >= 11 is 3.52. The predicted octanol–water partition coefficient (Wildman–Crippen LogP) is 3.99. The topological polar surface area (TPSA) is 29.3 Å². The Bertz CT molecular complexity index is 781. The zero-order valence-electron chi connectivity index (χ0n) is 12.2. The Hall–Kier alpha value is -1.65. The van der Waals surface area contributed by atoms with Crippen LogP contribution in [0.15, 0.2) is 59.3 Å². The Balaban J connectivity index is 1.35. The van der Waals surface area contributed by atoms with E-state index in [0.29, 0.717) is 0 Å². The van der Waals surface area contributed by atoms with Crippen LogP contribution in [0.5, 0.6) is 0 Å². The van der Waals surface area contributed by atoms with Crippen molar-refractivity contribution in [1.29, 1.82) is 0 Å². The number of imidazole rings is 1. The van der Waals surface area contributed by atoms with Crippen LogP contribution in [0.3, 0.4) is 0 Å². The molecule has 1 aliphatic carbocycles. The van der Waals surface area contributed by atoms with Gasteiger partial charge in [0.25, 0.3) is 0 Å². The molecule has 0 unspecified atom stereocenters. The van der Waals surface area contributed by atoms with Crippen LogP contribution < -0.4 is 5.32 Å². The van der Waals surface area contributed by atoms with E-state index in [1.54, 1.807) is 0 Å². The molecule has 2 heterocycles. The van der Waals surface area contributed by atoms with E-state index in [-0.39, 0.29) is 0 Å². The molecule has 0 bridgehead atoms. The molecule has 0 amide bonds. The number of halogens is 1. The molecule has 1 aliphatic rings. The standard InChI is InChI=1S/C18H18BrN3/c19-15-6-7-18-21-11-16(22(18)12-15)10-20-9-14-8-17(14)13-4-2-1-3-5-13/h1-7,11-12,14,17,20H,8-10H2/t14-,17-/m0/s1. The van der Waals surface area contributed by atoms with Gasteiger partial charge in [-0.25, -0.2) is 4.98 Å². The van der Waals surface area contributed by atoms with Crippen molar-refractivity contribution >= 4 is 21.6 Å². The van der Waals surface area contributed by atoms with Gasteiger partial charge >= 0.3 is 0 Å². The molecule has 0 aliphatic heterocycles. The SMILES string of the molecule is Brc1ccc2ncc(CNC[C@@H]3C[C@H]3c3ccccc3)n2c1. The molecule has 1 N–H and O–H groups in total. The predicted molar refractivity (Wildman–Crippen MR) is 91.9 cm³/mol. The van der Waals surface area contributed by atoms with Gasteiger partial charge in [0, 0.05) is 17.2 Å². The maximum absolute atomic E-state index is 4.44. The molecule has 0 spiro atoms. The summed E-state index contributed by atoms with van der Waals surface area (Å²) in [5.41, 5.74) is 3.68. The first-order chi connectivity index (χ1) is 10.8. The first-order valence-corrected chi connectivity index (χ1v) is 8.48. The summed E-state index contributed by atoms with van der Waals surface area (Å²) < 4.78 is 3.21. The van der Waals surface area contributed by atoms with E-state index in [0.717, 1.165) is 35.0 Å². The number of fused-ring (bicyclic) bond motifs is 1. The molecule has 0 saturated heterocycles. The summed E-state index contributed by atoms with van der Waals surface area (Å²) in [4.78, 5) is 4.44. The maximum atomic E-state index is 4.44. The van der Waals surface area contributed by atoms with Crippen molar-refractivity contribution < 1.29 is 0 Å². The lowest BCUT2D eigenvalue weighted by molar-refractivity contribution is 0.617. The van der Waals surface area contributed by atoms with E-state index in [9.17, 15) is 0 Å². The average molecular weight is 356 g/mol. The summed E-state index contributed by atoms with van der Waals surface area (Å²) in [6.45, 7) is 1.93. The molecule has 4 rings (SSSR count). The van der Waals surface area contributed by atoms with Gasteiger partial charge in [0.1, 0.15) is 5.65 Å². The highest BCUT2D eigenvalue weighted by molar-refractivity contribution is 9.10. The van der Waals surface area contributed by atoms with Crippen LogP contribution in [0.1, 0.15) is 23.6 Å². The lowest BCUT2D eigenvalue weighted by Crippen LogP contribution is -2.17. The number of hydrogen-bond acceptors (Lipinski definition) is 2. The van der Waals surface area contributed by atoms with E-state index >= 15 is 0 Å². The third-order valence-electron chi connectivity index (χ3n) is 4.41. The van der Waals surface area contributed by atoms with Crippen molar-refractivity contribution in [2.45, 2.75) is 18.9 Å². The Morgan fingerprint density at radius 3 is 2.91 bits per heavy atom. The van der Waals surface area contributed by atoms with E-state index < -0.39 is 0 Å².